The number of nitrogens with one attached hydrogen (secondary N) is 1. The Labute approximate surface area is 221 Å². The molecular weight excluding hydrogens is 524 g/mol. The first-order chi connectivity index (χ1) is 16.6. The van der Waals surface area contributed by atoms with Gasteiger partial charge in [0.2, 0.25) is 5.91 Å². The number of hydrogen-bond acceptors (Lipinski definition) is 5. The van der Waals surface area contributed by atoms with Crippen LogP contribution < -0.4 is 10.1 Å². The lowest BCUT2D eigenvalue weighted by Gasteiger charge is -2.19. The number of carbonyl (C=O) groups is 1. The standard InChI is InChI=1S/C27H35BrN4O2S/c1-16(2)20-8-11-22(12-9-20)34-19(7)26-30-31-27(32(26)18(5)6)35-15-25(33)29-24-13-10-21(28)14-23(24)17(3)4/h8-14,16-19H,15H2,1-7H3,(H,29,33). The summed E-state index contributed by atoms with van der Waals surface area (Å²) in [4.78, 5) is 12.8. The Morgan fingerprint density at radius 3 is 2.29 bits per heavy atom. The molecule has 1 N–H and O–H groups in total. The monoisotopic (exact) mass is 558 g/mol. The van der Waals surface area contributed by atoms with E-state index in [0.717, 1.165) is 27.3 Å². The average molecular weight is 560 g/mol. The summed E-state index contributed by atoms with van der Waals surface area (Å²) in [5.74, 6) is 2.47. The number of ether oxygens (including phenoxy) is 1. The second kappa shape index (κ2) is 12.1. The van der Waals surface area contributed by atoms with Crippen LogP contribution in [-0.4, -0.2) is 26.4 Å². The summed E-state index contributed by atoms with van der Waals surface area (Å²) in [5.41, 5.74) is 3.21. The van der Waals surface area contributed by atoms with Crippen molar-refractivity contribution in [3.63, 3.8) is 0 Å². The fourth-order valence-corrected chi connectivity index (χ4v) is 5.03. The molecule has 3 rings (SSSR count). The zero-order chi connectivity index (χ0) is 25.7. The van der Waals surface area contributed by atoms with Crippen LogP contribution >= 0.6 is 27.7 Å². The van der Waals surface area contributed by atoms with Crippen LogP contribution in [0.2, 0.25) is 0 Å². The van der Waals surface area contributed by atoms with Gasteiger partial charge in [-0.15, -0.1) is 10.2 Å². The SMILES string of the molecule is CC(C)c1ccc(OC(C)c2nnc(SCC(=O)Nc3ccc(Br)cc3C(C)C)n2C(C)C)cc1. The van der Waals surface area contributed by atoms with Crippen LogP contribution in [-0.2, 0) is 4.79 Å². The minimum absolute atomic E-state index is 0.0754. The van der Waals surface area contributed by atoms with Gasteiger partial charge in [0.05, 0.1) is 5.75 Å². The van der Waals surface area contributed by atoms with Gasteiger partial charge in [0, 0.05) is 16.2 Å². The van der Waals surface area contributed by atoms with Crippen molar-refractivity contribution in [2.75, 3.05) is 11.1 Å². The third kappa shape index (κ3) is 7.10. The normalized spacial score (nSPS) is 12.4. The summed E-state index contributed by atoms with van der Waals surface area (Å²) in [5, 5.41) is 12.6. The maximum Gasteiger partial charge on any atom is 0.234 e. The predicted octanol–water partition coefficient (Wildman–Crippen LogP) is 7.74. The molecule has 2 aromatic carbocycles. The van der Waals surface area contributed by atoms with E-state index in [1.165, 1.54) is 17.3 Å². The highest BCUT2D eigenvalue weighted by molar-refractivity contribution is 9.10. The molecular formula is C27H35BrN4O2S. The van der Waals surface area contributed by atoms with E-state index < -0.39 is 0 Å². The summed E-state index contributed by atoms with van der Waals surface area (Å²) < 4.78 is 9.22. The number of anilines is 1. The van der Waals surface area contributed by atoms with Crippen molar-refractivity contribution in [2.24, 2.45) is 0 Å². The van der Waals surface area contributed by atoms with E-state index in [9.17, 15) is 4.79 Å². The number of amides is 1. The van der Waals surface area contributed by atoms with Gasteiger partial charge in [-0.05, 0) is 74.1 Å². The fourth-order valence-electron chi connectivity index (χ4n) is 3.78. The lowest BCUT2D eigenvalue weighted by Crippen LogP contribution is -2.17. The van der Waals surface area contributed by atoms with Crippen LogP contribution in [0.25, 0.3) is 0 Å². The fraction of sp³-hybridized carbons (Fsp3) is 0.444. The zero-order valence-corrected chi connectivity index (χ0v) is 23.9. The molecule has 35 heavy (non-hydrogen) atoms. The first-order valence-electron chi connectivity index (χ1n) is 12.0. The molecule has 0 saturated carbocycles. The van der Waals surface area contributed by atoms with Gasteiger partial charge in [-0.1, -0.05) is 67.5 Å². The van der Waals surface area contributed by atoms with Crippen LogP contribution in [0.15, 0.2) is 52.1 Å². The number of halogens is 1. The van der Waals surface area contributed by atoms with Crippen molar-refractivity contribution < 1.29 is 9.53 Å². The topological polar surface area (TPSA) is 69.0 Å². The van der Waals surface area contributed by atoms with Crippen LogP contribution in [0, 0.1) is 0 Å². The van der Waals surface area contributed by atoms with E-state index in [2.05, 4.69) is 85.1 Å². The van der Waals surface area contributed by atoms with Gasteiger partial charge in [0.25, 0.3) is 0 Å². The largest absolute Gasteiger partial charge is 0.483 e. The minimum Gasteiger partial charge on any atom is -0.483 e. The first kappa shape index (κ1) is 27.3. The highest BCUT2D eigenvalue weighted by Gasteiger charge is 2.22. The van der Waals surface area contributed by atoms with E-state index >= 15 is 0 Å². The van der Waals surface area contributed by atoms with Crippen molar-refractivity contribution >= 4 is 39.3 Å². The number of thioether (sulfide) groups is 1. The molecule has 0 radical (unpaired) electrons. The number of hydrogen-bond donors (Lipinski definition) is 1. The first-order valence-corrected chi connectivity index (χ1v) is 13.8. The molecule has 1 unspecified atom stereocenters. The number of carbonyl (C=O) groups excluding carboxylic acids is 1. The van der Waals surface area contributed by atoms with Gasteiger partial charge in [0.15, 0.2) is 17.1 Å². The Bertz CT molecular complexity index is 1140. The highest BCUT2D eigenvalue weighted by atomic mass is 79.9. The molecule has 1 aromatic heterocycles. The lowest BCUT2D eigenvalue weighted by molar-refractivity contribution is -0.113. The molecule has 8 heteroatoms. The molecule has 0 bridgehead atoms. The van der Waals surface area contributed by atoms with Gasteiger partial charge < -0.3 is 14.6 Å². The van der Waals surface area contributed by atoms with E-state index in [0.29, 0.717) is 17.0 Å². The molecule has 0 aliphatic carbocycles. The molecule has 6 nitrogen and oxygen atoms in total. The minimum atomic E-state index is -0.283. The van der Waals surface area contributed by atoms with Crippen LogP contribution in [0.1, 0.15) is 89.4 Å². The molecule has 0 aliphatic rings. The molecule has 188 valence electrons. The Morgan fingerprint density at radius 1 is 1.00 bits per heavy atom. The van der Waals surface area contributed by atoms with Gasteiger partial charge in [-0.3, -0.25) is 4.79 Å². The number of aromatic nitrogens is 3. The molecule has 1 atom stereocenters. The number of benzene rings is 2. The Balaban J connectivity index is 1.69. The summed E-state index contributed by atoms with van der Waals surface area (Å²) in [6.07, 6.45) is -0.283. The number of nitrogens with zero attached hydrogens (tertiary/aromatic N) is 3. The van der Waals surface area contributed by atoms with Gasteiger partial charge in [-0.25, -0.2) is 0 Å². The number of rotatable bonds is 10. The molecule has 0 aliphatic heterocycles. The Morgan fingerprint density at radius 2 is 1.69 bits per heavy atom. The summed E-state index contributed by atoms with van der Waals surface area (Å²) in [7, 11) is 0. The molecule has 1 heterocycles. The molecule has 1 amide bonds. The molecule has 0 spiro atoms. The third-order valence-electron chi connectivity index (χ3n) is 5.67. The molecule has 0 fully saturated rings. The smallest absolute Gasteiger partial charge is 0.234 e. The van der Waals surface area contributed by atoms with Crippen molar-refractivity contribution in [3.05, 3.63) is 63.9 Å². The van der Waals surface area contributed by atoms with Crippen LogP contribution in [0.5, 0.6) is 5.75 Å². The highest BCUT2D eigenvalue weighted by Crippen LogP contribution is 2.30. The summed E-state index contributed by atoms with van der Waals surface area (Å²) >= 11 is 4.89. The van der Waals surface area contributed by atoms with Crippen molar-refractivity contribution in [3.8, 4) is 5.75 Å². The van der Waals surface area contributed by atoms with Crippen molar-refractivity contribution in [1.82, 2.24) is 14.8 Å². The van der Waals surface area contributed by atoms with E-state index in [-0.39, 0.29) is 23.8 Å². The maximum atomic E-state index is 12.8. The van der Waals surface area contributed by atoms with Crippen molar-refractivity contribution in [2.45, 2.75) is 77.6 Å². The summed E-state index contributed by atoms with van der Waals surface area (Å²) in [6, 6.07) is 14.2. The van der Waals surface area contributed by atoms with Crippen LogP contribution in [0.4, 0.5) is 5.69 Å². The van der Waals surface area contributed by atoms with E-state index in [4.69, 9.17) is 4.74 Å². The van der Waals surface area contributed by atoms with Gasteiger partial charge in [0.1, 0.15) is 5.75 Å². The van der Waals surface area contributed by atoms with Crippen molar-refractivity contribution in [1.29, 1.82) is 0 Å². The average Bonchev–Trinajstić information content (AvgIpc) is 3.23. The van der Waals surface area contributed by atoms with E-state index in [1.807, 2.05) is 41.8 Å². The summed E-state index contributed by atoms with van der Waals surface area (Å²) in [6.45, 7) is 14.7. The van der Waals surface area contributed by atoms with Crippen LogP contribution in [0.3, 0.4) is 0 Å². The Hall–Kier alpha value is -2.32. The molecule has 3 aromatic rings. The van der Waals surface area contributed by atoms with E-state index in [1.54, 1.807) is 0 Å². The second-order valence-electron chi connectivity index (χ2n) is 9.51. The lowest BCUT2D eigenvalue weighted by atomic mass is 10.0. The quantitative estimate of drug-likeness (QED) is 0.257. The van der Waals surface area contributed by atoms with Gasteiger partial charge in [-0.2, -0.15) is 0 Å². The van der Waals surface area contributed by atoms with Gasteiger partial charge >= 0.3 is 0 Å². The maximum absolute atomic E-state index is 12.8. The second-order valence-corrected chi connectivity index (χ2v) is 11.4. The zero-order valence-electron chi connectivity index (χ0n) is 21.5. The molecule has 0 saturated heterocycles. The predicted molar refractivity (Wildman–Crippen MR) is 148 cm³/mol. The Kier molecular flexibility index (Phi) is 9.41. The third-order valence-corrected chi connectivity index (χ3v) is 7.11.